The SMILES string of the molecule is COc1cccc2c1[C@@H]1CN(CCCn3c(=O)[nH]c4c(sc5ccccc54)c3=O)C[C@@H]1CO2.Cl. The maximum Gasteiger partial charge on any atom is 0.328 e. The zero-order valence-electron chi connectivity index (χ0n) is 18.8. The van der Waals surface area contributed by atoms with Gasteiger partial charge in [0.1, 0.15) is 16.2 Å². The van der Waals surface area contributed by atoms with Crippen LogP contribution in [0.5, 0.6) is 11.5 Å². The van der Waals surface area contributed by atoms with E-state index in [9.17, 15) is 9.59 Å². The normalized spacial score (nSPS) is 19.4. The summed E-state index contributed by atoms with van der Waals surface area (Å²) < 4.78 is 14.6. The molecule has 2 aromatic carbocycles. The molecule has 4 heterocycles. The summed E-state index contributed by atoms with van der Waals surface area (Å²) in [6.45, 7) is 3.82. The zero-order valence-corrected chi connectivity index (χ0v) is 20.4. The number of ether oxygens (including phenoxy) is 2. The predicted octanol–water partition coefficient (Wildman–Crippen LogP) is 3.83. The van der Waals surface area contributed by atoms with Crippen LogP contribution in [-0.2, 0) is 6.54 Å². The minimum absolute atomic E-state index is 0. The predicted molar refractivity (Wildman–Crippen MR) is 137 cm³/mol. The molecule has 0 unspecified atom stereocenters. The smallest absolute Gasteiger partial charge is 0.328 e. The molecule has 1 N–H and O–H groups in total. The lowest BCUT2D eigenvalue weighted by molar-refractivity contribution is 0.209. The largest absolute Gasteiger partial charge is 0.496 e. The van der Waals surface area contributed by atoms with Gasteiger partial charge in [-0.1, -0.05) is 24.3 Å². The van der Waals surface area contributed by atoms with Gasteiger partial charge in [0, 0.05) is 47.1 Å². The lowest BCUT2D eigenvalue weighted by atomic mass is 9.86. The van der Waals surface area contributed by atoms with E-state index in [1.54, 1.807) is 7.11 Å². The van der Waals surface area contributed by atoms with E-state index in [0.29, 0.717) is 35.2 Å². The number of hydrogen-bond donors (Lipinski definition) is 1. The molecule has 0 spiro atoms. The van der Waals surface area contributed by atoms with Gasteiger partial charge in [-0.3, -0.25) is 9.36 Å². The van der Waals surface area contributed by atoms with Crippen LogP contribution in [-0.4, -0.2) is 47.8 Å². The van der Waals surface area contributed by atoms with Gasteiger partial charge in [0.15, 0.2) is 0 Å². The van der Waals surface area contributed by atoms with Crippen molar-refractivity contribution >= 4 is 44.0 Å². The molecule has 0 aliphatic carbocycles. The molecule has 1 saturated heterocycles. The molecule has 34 heavy (non-hydrogen) atoms. The molecule has 2 aliphatic heterocycles. The summed E-state index contributed by atoms with van der Waals surface area (Å²) in [5.41, 5.74) is 1.29. The van der Waals surface area contributed by atoms with Crippen molar-refractivity contribution in [1.82, 2.24) is 14.5 Å². The first kappa shape index (κ1) is 23.0. The number of nitrogens with one attached hydrogen (secondary N) is 1. The second kappa shape index (κ2) is 9.09. The summed E-state index contributed by atoms with van der Waals surface area (Å²) in [6.07, 6.45) is 0.735. The molecule has 2 aliphatic rings. The number of H-pyrrole nitrogens is 1. The number of thiophene rings is 1. The molecule has 7 nitrogen and oxygen atoms in total. The fourth-order valence-electron chi connectivity index (χ4n) is 5.39. The molecule has 9 heteroatoms. The summed E-state index contributed by atoms with van der Waals surface area (Å²) in [6, 6.07) is 13.8. The number of aromatic nitrogens is 2. The Bertz CT molecular complexity index is 1460. The van der Waals surface area contributed by atoms with Crippen LogP contribution in [0, 0.1) is 5.92 Å². The molecule has 1 fully saturated rings. The Morgan fingerprint density at radius 1 is 1.12 bits per heavy atom. The van der Waals surface area contributed by atoms with E-state index in [4.69, 9.17) is 9.47 Å². The van der Waals surface area contributed by atoms with E-state index >= 15 is 0 Å². The Hall–Kier alpha value is -2.81. The van der Waals surface area contributed by atoms with Crippen molar-refractivity contribution in [2.75, 3.05) is 33.4 Å². The molecule has 2 aromatic heterocycles. The molecule has 0 amide bonds. The van der Waals surface area contributed by atoms with Crippen molar-refractivity contribution in [1.29, 1.82) is 0 Å². The first-order chi connectivity index (χ1) is 16.1. The van der Waals surface area contributed by atoms with Gasteiger partial charge < -0.3 is 19.4 Å². The summed E-state index contributed by atoms with van der Waals surface area (Å²) >= 11 is 1.44. The fourth-order valence-corrected chi connectivity index (χ4v) is 6.50. The Balaban J connectivity index is 0.00000241. The number of hydrogen-bond acceptors (Lipinski definition) is 6. The van der Waals surface area contributed by atoms with E-state index in [2.05, 4.69) is 9.88 Å². The molecule has 4 aromatic rings. The average Bonchev–Trinajstić information content (AvgIpc) is 3.42. The lowest BCUT2D eigenvalue weighted by Gasteiger charge is -2.29. The van der Waals surface area contributed by atoms with E-state index in [0.717, 1.165) is 47.6 Å². The van der Waals surface area contributed by atoms with Gasteiger partial charge in [0.05, 0.1) is 19.2 Å². The highest BCUT2D eigenvalue weighted by molar-refractivity contribution is 7.25. The molecule has 0 saturated carbocycles. The van der Waals surface area contributed by atoms with E-state index in [1.807, 2.05) is 42.5 Å². The summed E-state index contributed by atoms with van der Waals surface area (Å²) in [5, 5.41) is 0.927. The van der Waals surface area contributed by atoms with Gasteiger partial charge in [0.2, 0.25) is 0 Å². The topological polar surface area (TPSA) is 76.6 Å². The first-order valence-electron chi connectivity index (χ1n) is 11.3. The third-order valence-electron chi connectivity index (χ3n) is 6.95. The Morgan fingerprint density at radius 2 is 1.97 bits per heavy atom. The molecular formula is C25H26ClN3O4S. The molecule has 178 valence electrons. The van der Waals surface area contributed by atoms with Crippen molar-refractivity contribution in [2.45, 2.75) is 18.9 Å². The van der Waals surface area contributed by atoms with Gasteiger partial charge in [0.25, 0.3) is 5.56 Å². The number of fused-ring (bicyclic) bond motifs is 6. The van der Waals surface area contributed by atoms with Gasteiger partial charge in [-0.15, -0.1) is 23.7 Å². The fraction of sp³-hybridized carbons (Fsp3) is 0.360. The number of methoxy groups -OCH3 is 1. The molecule has 0 radical (unpaired) electrons. The van der Waals surface area contributed by atoms with Gasteiger partial charge in [-0.05, 0) is 31.2 Å². The van der Waals surface area contributed by atoms with E-state index in [-0.39, 0.29) is 23.7 Å². The van der Waals surface area contributed by atoms with Gasteiger partial charge >= 0.3 is 5.69 Å². The summed E-state index contributed by atoms with van der Waals surface area (Å²) in [4.78, 5) is 31.1. The van der Waals surface area contributed by atoms with Crippen LogP contribution in [0.4, 0.5) is 0 Å². The lowest BCUT2D eigenvalue weighted by Crippen LogP contribution is -2.35. The maximum atomic E-state index is 13.1. The van der Waals surface area contributed by atoms with Crippen LogP contribution in [0.1, 0.15) is 17.9 Å². The monoisotopic (exact) mass is 499 g/mol. The number of likely N-dealkylation sites (tertiary alicyclic amines) is 1. The Kier molecular flexibility index (Phi) is 6.14. The van der Waals surface area contributed by atoms with Crippen LogP contribution in [0.25, 0.3) is 20.3 Å². The minimum atomic E-state index is -0.335. The summed E-state index contributed by atoms with van der Waals surface area (Å²) in [7, 11) is 1.70. The second-order valence-corrected chi connectivity index (χ2v) is 9.90. The zero-order chi connectivity index (χ0) is 22.5. The summed E-state index contributed by atoms with van der Waals surface area (Å²) in [5.74, 6) is 2.62. The molecule has 0 bridgehead atoms. The second-order valence-electron chi connectivity index (χ2n) is 8.85. The number of benzene rings is 2. The minimum Gasteiger partial charge on any atom is -0.496 e. The molecule has 6 rings (SSSR count). The van der Waals surface area contributed by atoms with Crippen LogP contribution in [0.3, 0.4) is 0 Å². The molecular weight excluding hydrogens is 474 g/mol. The highest BCUT2D eigenvalue weighted by Gasteiger charge is 2.40. The van der Waals surface area contributed by atoms with Crippen LogP contribution >= 0.6 is 23.7 Å². The van der Waals surface area contributed by atoms with Crippen LogP contribution < -0.4 is 20.7 Å². The highest BCUT2D eigenvalue weighted by atomic mass is 35.5. The van der Waals surface area contributed by atoms with Crippen LogP contribution in [0.2, 0.25) is 0 Å². The third kappa shape index (κ3) is 3.70. The van der Waals surface area contributed by atoms with Crippen molar-refractivity contribution in [3.8, 4) is 11.5 Å². The highest BCUT2D eigenvalue weighted by Crippen LogP contribution is 2.46. The third-order valence-corrected chi connectivity index (χ3v) is 8.11. The Labute approximate surface area is 206 Å². The average molecular weight is 500 g/mol. The number of halogens is 1. The maximum absolute atomic E-state index is 13.1. The van der Waals surface area contributed by atoms with E-state index < -0.39 is 0 Å². The number of rotatable bonds is 5. The first-order valence-corrected chi connectivity index (χ1v) is 12.1. The van der Waals surface area contributed by atoms with Gasteiger partial charge in [-0.2, -0.15) is 0 Å². The number of aromatic amines is 1. The Morgan fingerprint density at radius 3 is 2.82 bits per heavy atom. The van der Waals surface area contributed by atoms with Crippen molar-refractivity contribution in [3.63, 3.8) is 0 Å². The van der Waals surface area contributed by atoms with Crippen molar-refractivity contribution in [3.05, 3.63) is 68.9 Å². The number of nitrogens with zero attached hydrogens (tertiary/aromatic N) is 2. The standard InChI is InChI=1S/C25H25N3O4S.ClH/c1-31-18-7-4-8-19-21(18)17-13-27(12-15(17)14-32-19)10-5-11-28-24(29)23-22(26-25(28)30)16-6-2-3-9-20(16)33-23;/h2-4,6-9,15,17H,5,10-14H2,1H3,(H,26,30);1H/t15-,17-;/m1./s1. The quantitative estimate of drug-likeness (QED) is 0.451. The van der Waals surface area contributed by atoms with Crippen LogP contribution in [0.15, 0.2) is 52.1 Å². The van der Waals surface area contributed by atoms with Crippen molar-refractivity contribution in [2.24, 2.45) is 5.92 Å². The van der Waals surface area contributed by atoms with E-state index in [1.165, 1.54) is 21.5 Å². The van der Waals surface area contributed by atoms with Crippen molar-refractivity contribution < 1.29 is 9.47 Å². The van der Waals surface area contributed by atoms with Gasteiger partial charge in [-0.25, -0.2) is 4.79 Å². The molecule has 2 atom stereocenters.